The minimum atomic E-state index is -0.365. The SMILES string of the molecule is C#CCCC1(CCNC(=O)c2cncc(COC)c2)N=N1. The number of nitrogens with zero attached hydrogens (tertiary/aromatic N) is 3. The van der Waals surface area contributed by atoms with E-state index in [2.05, 4.69) is 26.4 Å². The molecular formula is C15H18N4O2. The Bertz CT molecular complexity index is 571. The smallest absolute Gasteiger partial charge is 0.252 e. The highest BCUT2D eigenvalue weighted by atomic mass is 16.5. The van der Waals surface area contributed by atoms with Gasteiger partial charge in [0.1, 0.15) is 0 Å². The number of amides is 1. The Morgan fingerprint density at radius 1 is 1.43 bits per heavy atom. The maximum Gasteiger partial charge on any atom is 0.252 e. The van der Waals surface area contributed by atoms with Crippen LogP contribution < -0.4 is 5.32 Å². The molecule has 1 aromatic heterocycles. The van der Waals surface area contributed by atoms with Crippen molar-refractivity contribution < 1.29 is 9.53 Å². The van der Waals surface area contributed by atoms with Crippen LogP contribution in [0.25, 0.3) is 0 Å². The van der Waals surface area contributed by atoms with Crippen LogP contribution in [0.15, 0.2) is 28.7 Å². The zero-order chi connectivity index (χ0) is 15.1. The molecule has 0 saturated carbocycles. The molecule has 110 valence electrons. The molecule has 21 heavy (non-hydrogen) atoms. The molecule has 0 atom stereocenters. The van der Waals surface area contributed by atoms with E-state index in [4.69, 9.17) is 11.2 Å². The third kappa shape index (κ3) is 4.36. The van der Waals surface area contributed by atoms with Gasteiger partial charge >= 0.3 is 0 Å². The van der Waals surface area contributed by atoms with Gasteiger partial charge in [0, 0.05) is 45.3 Å². The van der Waals surface area contributed by atoms with Crippen molar-refractivity contribution >= 4 is 5.91 Å². The summed E-state index contributed by atoms with van der Waals surface area (Å²) in [4.78, 5) is 16.1. The summed E-state index contributed by atoms with van der Waals surface area (Å²) in [6.45, 7) is 0.936. The predicted molar refractivity (Wildman–Crippen MR) is 77.6 cm³/mol. The van der Waals surface area contributed by atoms with Gasteiger partial charge in [0.15, 0.2) is 5.66 Å². The fourth-order valence-corrected chi connectivity index (χ4v) is 2.00. The largest absolute Gasteiger partial charge is 0.380 e. The van der Waals surface area contributed by atoms with Crippen molar-refractivity contribution in [3.8, 4) is 12.3 Å². The van der Waals surface area contributed by atoms with E-state index in [1.807, 2.05) is 0 Å². The van der Waals surface area contributed by atoms with E-state index in [0.717, 1.165) is 12.0 Å². The van der Waals surface area contributed by atoms with Crippen molar-refractivity contribution in [1.29, 1.82) is 0 Å². The van der Waals surface area contributed by atoms with E-state index in [-0.39, 0.29) is 11.6 Å². The lowest BCUT2D eigenvalue weighted by Gasteiger charge is -2.10. The second-order valence-electron chi connectivity index (χ2n) is 4.91. The zero-order valence-electron chi connectivity index (χ0n) is 12.0. The highest BCUT2D eigenvalue weighted by Crippen LogP contribution is 2.35. The highest BCUT2D eigenvalue weighted by Gasteiger charge is 2.38. The number of aromatic nitrogens is 1. The molecule has 0 aliphatic carbocycles. The molecule has 2 rings (SSSR count). The summed E-state index contributed by atoms with van der Waals surface area (Å²) in [5, 5.41) is 10.9. The van der Waals surface area contributed by atoms with Crippen molar-refractivity contribution in [3.05, 3.63) is 29.6 Å². The van der Waals surface area contributed by atoms with E-state index in [1.165, 1.54) is 6.20 Å². The van der Waals surface area contributed by atoms with Gasteiger partial charge in [-0.1, -0.05) is 0 Å². The Labute approximate surface area is 124 Å². The third-order valence-electron chi connectivity index (χ3n) is 3.23. The first kappa shape index (κ1) is 15.1. The minimum Gasteiger partial charge on any atom is -0.380 e. The maximum absolute atomic E-state index is 12.0. The van der Waals surface area contributed by atoms with Crippen LogP contribution in [0.2, 0.25) is 0 Å². The number of rotatable bonds is 8. The molecule has 1 aliphatic heterocycles. The number of pyridine rings is 1. The third-order valence-corrected chi connectivity index (χ3v) is 3.23. The monoisotopic (exact) mass is 286 g/mol. The number of carbonyl (C=O) groups excluding carboxylic acids is 1. The molecule has 6 heteroatoms. The lowest BCUT2D eigenvalue weighted by Crippen LogP contribution is -2.28. The van der Waals surface area contributed by atoms with Gasteiger partial charge in [-0.2, -0.15) is 10.2 Å². The number of hydrogen-bond acceptors (Lipinski definition) is 5. The Morgan fingerprint density at radius 2 is 2.24 bits per heavy atom. The van der Waals surface area contributed by atoms with Crippen LogP contribution in [0, 0.1) is 12.3 Å². The Hall–Kier alpha value is -2.26. The first-order valence-corrected chi connectivity index (χ1v) is 6.78. The molecule has 2 heterocycles. The molecule has 1 amide bonds. The molecule has 0 bridgehead atoms. The van der Waals surface area contributed by atoms with Gasteiger partial charge in [0.2, 0.25) is 0 Å². The van der Waals surface area contributed by atoms with Gasteiger partial charge in [-0.05, 0) is 11.6 Å². The molecule has 1 N–H and O–H groups in total. The molecule has 0 spiro atoms. The summed E-state index contributed by atoms with van der Waals surface area (Å²) < 4.78 is 5.02. The summed E-state index contributed by atoms with van der Waals surface area (Å²) in [7, 11) is 1.60. The Morgan fingerprint density at radius 3 is 2.90 bits per heavy atom. The highest BCUT2D eigenvalue weighted by molar-refractivity contribution is 5.93. The summed E-state index contributed by atoms with van der Waals surface area (Å²) in [6.07, 6.45) is 10.5. The van der Waals surface area contributed by atoms with Crippen LogP contribution in [0.1, 0.15) is 35.2 Å². The molecule has 6 nitrogen and oxygen atoms in total. The molecular weight excluding hydrogens is 268 g/mol. The molecule has 0 radical (unpaired) electrons. The topological polar surface area (TPSA) is 75.9 Å². The van der Waals surface area contributed by atoms with Crippen molar-refractivity contribution in [2.45, 2.75) is 31.5 Å². The Balaban J connectivity index is 1.80. The van der Waals surface area contributed by atoms with Crippen LogP contribution in [0.4, 0.5) is 0 Å². The number of nitrogens with one attached hydrogen (secondary N) is 1. The van der Waals surface area contributed by atoms with Crippen LogP contribution in [0.3, 0.4) is 0 Å². The number of carbonyl (C=O) groups is 1. The number of hydrogen-bond donors (Lipinski definition) is 1. The van der Waals surface area contributed by atoms with Crippen molar-refractivity contribution in [3.63, 3.8) is 0 Å². The molecule has 0 fully saturated rings. The fraction of sp³-hybridized carbons (Fsp3) is 0.467. The maximum atomic E-state index is 12.0. The van der Waals surface area contributed by atoms with Crippen LogP contribution in [-0.2, 0) is 11.3 Å². The van der Waals surface area contributed by atoms with E-state index in [9.17, 15) is 4.79 Å². The average Bonchev–Trinajstić information content (AvgIpc) is 3.26. The molecule has 1 aromatic rings. The van der Waals surface area contributed by atoms with Gasteiger partial charge in [-0.15, -0.1) is 12.3 Å². The van der Waals surface area contributed by atoms with Crippen molar-refractivity contribution in [1.82, 2.24) is 10.3 Å². The normalized spacial score (nSPS) is 14.5. The number of terminal acetylenes is 1. The van der Waals surface area contributed by atoms with Gasteiger partial charge < -0.3 is 10.1 Å². The quantitative estimate of drug-likeness (QED) is 0.742. The molecule has 1 aliphatic rings. The standard InChI is InChI=1S/C15H18N4O2/c1-3-4-5-15(18-19-15)6-7-17-14(20)13-8-12(11-21-2)9-16-10-13/h1,8-10H,4-7,11H2,2H3,(H,17,20). The molecule has 0 unspecified atom stereocenters. The lowest BCUT2D eigenvalue weighted by molar-refractivity contribution is 0.0951. The number of methoxy groups -OCH3 is 1. The first-order valence-electron chi connectivity index (χ1n) is 6.78. The second kappa shape index (κ2) is 6.95. The van der Waals surface area contributed by atoms with Crippen molar-refractivity contribution in [2.24, 2.45) is 10.2 Å². The fourth-order valence-electron chi connectivity index (χ4n) is 2.00. The van der Waals surface area contributed by atoms with Crippen molar-refractivity contribution in [2.75, 3.05) is 13.7 Å². The summed E-state index contributed by atoms with van der Waals surface area (Å²) in [5.41, 5.74) is 1.02. The van der Waals surface area contributed by atoms with Crippen LogP contribution in [0.5, 0.6) is 0 Å². The molecule has 0 saturated heterocycles. The summed E-state index contributed by atoms with van der Waals surface area (Å²) in [6, 6.07) is 1.77. The van der Waals surface area contributed by atoms with Gasteiger partial charge in [0.25, 0.3) is 5.91 Å². The van der Waals surface area contributed by atoms with Crippen LogP contribution >= 0.6 is 0 Å². The van der Waals surface area contributed by atoms with Gasteiger partial charge in [0.05, 0.1) is 12.2 Å². The van der Waals surface area contributed by atoms with E-state index < -0.39 is 0 Å². The van der Waals surface area contributed by atoms with Gasteiger partial charge in [-0.3, -0.25) is 9.78 Å². The first-order chi connectivity index (χ1) is 10.2. The van der Waals surface area contributed by atoms with Crippen LogP contribution in [-0.4, -0.2) is 30.2 Å². The van der Waals surface area contributed by atoms with E-state index in [0.29, 0.717) is 31.6 Å². The van der Waals surface area contributed by atoms with Gasteiger partial charge in [-0.25, -0.2) is 0 Å². The minimum absolute atomic E-state index is 0.159. The number of ether oxygens (including phenoxy) is 1. The molecule has 0 aromatic carbocycles. The zero-order valence-corrected chi connectivity index (χ0v) is 12.0. The second-order valence-corrected chi connectivity index (χ2v) is 4.91. The Kier molecular flexibility index (Phi) is 5.01. The lowest BCUT2D eigenvalue weighted by atomic mass is 10.0. The summed E-state index contributed by atoms with van der Waals surface area (Å²) >= 11 is 0. The predicted octanol–water partition coefficient (Wildman–Crippen LogP) is 1.92. The average molecular weight is 286 g/mol. The van der Waals surface area contributed by atoms with E-state index >= 15 is 0 Å². The van der Waals surface area contributed by atoms with E-state index in [1.54, 1.807) is 19.4 Å². The summed E-state index contributed by atoms with van der Waals surface area (Å²) in [5.74, 6) is 2.42.